The van der Waals surface area contributed by atoms with Crippen LogP contribution in [0.5, 0.6) is 0 Å². The van der Waals surface area contributed by atoms with Crippen molar-refractivity contribution in [1.82, 2.24) is 10.3 Å². The van der Waals surface area contributed by atoms with E-state index in [0.29, 0.717) is 6.04 Å². The van der Waals surface area contributed by atoms with Crippen molar-refractivity contribution in [3.05, 3.63) is 27.7 Å². The van der Waals surface area contributed by atoms with E-state index in [-0.39, 0.29) is 0 Å². The molecule has 2 heterocycles. The van der Waals surface area contributed by atoms with Crippen LogP contribution in [0.15, 0.2) is 22.7 Å². The van der Waals surface area contributed by atoms with Crippen LogP contribution in [0.25, 0.3) is 10.2 Å². The second-order valence-corrected chi connectivity index (χ2v) is 7.38. The number of benzene rings is 1. The first-order chi connectivity index (χ1) is 8.81. The van der Waals surface area contributed by atoms with Crippen LogP contribution < -0.4 is 5.32 Å². The van der Waals surface area contributed by atoms with Gasteiger partial charge in [-0.05, 0) is 49.4 Å². The summed E-state index contributed by atoms with van der Waals surface area (Å²) in [6, 6.07) is 6.90. The van der Waals surface area contributed by atoms with Crippen molar-refractivity contribution in [2.75, 3.05) is 6.54 Å². The van der Waals surface area contributed by atoms with Gasteiger partial charge in [0.25, 0.3) is 0 Å². The Balaban J connectivity index is 1.74. The van der Waals surface area contributed by atoms with Crippen molar-refractivity contribution in [2.24, 2.45) is 11.8 Å². The first-order valence-corrected chi connectivity index (χ1v) is 8.21. The Labute approximate surface area is 119 Å². The molecule has 1 N–H and O–H groups in total. The molecule has 4 heteroatoms. The SMILES string of the molecule is Brc1ccc2sc(C3NCC4CCCC43)nc2c1. The number of halogens is 1. The molecule has 1 saturated heterocycles. The van der Waals surface area contributed by atoms with E-state index in [0.717, 1.165) is 21.8 Å². The summed E-state index contributed by atoms with van der Waals surface area (Å²) in [6.07, 6.45) is 4.19. The van der Waals surface area contributed by atoms with Gasteiger partial charge in [-0.15, -0.1) is 11.3 Å². The molecule has 0 amide bonds. The van der Waals surface area contributed by atoms with E-state index in [9.17, 15) is 0 Å². The lowest BCUT2D eigenvalue weighted by molar-refractivity contribution is 0.421. The molecule has 0 spiro atoms. The number of aromatic nitrogens is 1. The fourth-order valence-electron chi connectivity index (χ4n) is 3.51. The molecule has 2 aromatic rings. The van der Waals surface area contributed by atoms with Crippen LogP contribution in [-0.4, -0.2) is 11.5 Å². The minimum absolute atomic E-state index is 0.508. The van der Waals surface area contributed by atoms with Crippen molar-refractivity contribution >= 4 is 37.5 Å². The zero-order chi connectivity index (χ0) is 12.1. The number of hydrogen-bond donors (Lipinski definition) is 1. The Kier molecular flexibility index (Phi) is 2.71. The van der Waals surface area contributed by atoms with Crippen molar-refractivity contribution in [3.63, 3.8) is 0 Å². The average molecular weight is 323 g/mol. The van der Waals surface area contributed by atoms with Crippen molar-refractivity contribution in [1.29, 1.82) is 0 Å². The molecule has 18 heavy (non-hydrogen) atoms. The Morgan fingerprint density at radius 2 is 2.28 bits per heavy atom. The minimum Gasteiger partial charge on any atom is -0.307 e. The van der Waals surface area contributed by atoms with E-state index in [1.54, 1.807) is 0 Å². The molecular formula is C14H15BrN2S. The van der Waals surface area contributed by atoms with Crippen LogP contribution in [0.1, 0.15) is 30.3 Å². The summed E-state index contributed by atoms with van der Waals surface area (Å²) >= 11 is 5.38. The van der Waals surface area contributed by atoms with Crippen LogP contribution in [-0.2, 0) is 0 Å². The van der Waals surface area contributed by atoms with Crippen LogP contribution >= 0.6 is 27.3 Å². The van der Waals surface area contributed by atoms with Crippen molar-refractivity contribution < 1.29 is 0 Å². The smallest absolute Gasteiger partial charge is 0.111 e. The van der Waals surface area contributed by atoms with Gasteiger partial charge in [0.2, 0.25) is 0 Å². The number of fused-ring (bicyclic) bond motifs is 2. The second kappa shape index (κ2) is 4.29. The van der Waals surface area contributed by atoms with E-state index in [1.165, 1.54) is 35.5 Å². The van der Waals surface area contributed by atoms with Crippen LogP contribution in [0.3, 0.4) is 0 Å². The summed E-state index contributed by atoms with van der Waals surface area (Å²) < 4.78 is 2.42. The van der Waals surface area contributed by atoms with E-state index in [2.05, 4.69) is 39.4 Å². The van der Waals surface area contributed by atoms with Gasteiger partial charge in [0.05, 0.1) is 16.3 Å². The lowest BCUT2D eigenvalue weighted by Gasteiger charge is -2.14. The minimum atomic E-state index is 0.508. The number of hydrogen-bond acceptors (Lipinski definition) is 3. The quantitative estimate of drug-likeness (QED) is 0.854. The summed E-state index contributed by atoms with van der Waals surface area (Å²) in [4.78, 5) is 4.84. The van der Waals surface area contributed by atoms with Gasteiger partial charge in [-0.2, -0.15) is 0 Å². The summed E-state index contributed by atoms with van der Waals surface area (Å²) in [5.74, 6) is 1.72. The van der Waals surface area contributed by atoms with Gasteiger partial charge in [-0.25, -0.2) is 4.98 Å². The average Bonchev–Trinajstić information content (AvgIpc) is 3.00. The second-order valence-electron chi connectivity index (χ2n) is 5.40. The zero-order valence-corrected chi connectivity index (χ0v) is 12.4. The summed E-state index contributed by atoms with van der Waals surface area (Å²) in [5, 5.41) is 4.98. The third-order valence-electron chi connectivity index (χ3n) is 4.38. The standard InChI is InChI=1S/C14H15BrN2S/c15-9-4-5-12-11(6-9)17-14(18-12)13-10-3-1-2-8(10)7-16-13/h4-6,8,10,13,16H,1-3,7H2. The molecule has 1 aromatic carbocycles. The Bertz CT molecular complexity index is 594. The van der Waals surface area contributed by atoms with Crippen molar-refractivity contribution in [3.8, 4) is 0 Å². The van der Waals surface area contributed by atoms with E-state index >= 15 is 0 Å². The molecule has 3 atom stereocenters. The van der Waals surface area contributed by atoms with E-state index < -0.39 is 0 Å². The molecule has 1 aliphatic heterocycles. The largest absolute Gasteiger partial charge is 0.307 e. The first-order valence-electron chi connectivity index (χ1n) is 6.60. The summed E-state index contributed by atoms with van der Waals surface area (Å²) in [5.41, 5.74) is 1.13. The summed E-state index contributed by atoms with van der Waals surface area (Å²) in [6.45, 7) is 1.19. The van der Waals surface area contributed by atoms with Gasteiger partial charge < -0.3 is 5.32 Å². The number of nitrogens with one attached hydrogen (secondary N) is 1. The Morgan fingerprint density at radius 3 is 3.22 bits per heavy atom. The lowest BCUT2D eigenvalue weighted by Crippen LogP contribution is -2.17. The normalized spacial score (nSPS) is 31.1. The highest BCUT2D eigenvalue weighted by atomic mass is 79.9. The van der Waals surface area contributed by atoms with Crippen LogP contribution in [0.4, 0.5) is 0 Å². The fourth-order valence-corrected chi connectivity index (χ4v) is 4.96. The Hall–Kier alpha value is -0.450. The van der Waals surface area contributed by atoms with Gasteiger partial charge in [0.15, 0.2) is 0 Å². The zero-order valence-electron chi connectivity index (χ0n) is 10.0. The number of nitrogens with zero attached hydrogens (tertiary/aromatic N) is 1. The van der Waals surface area contributed by atoms with Gasteiger partial charge in [-0.1, -0.05) is 22.4 Å². The molecule has 2 aliphatic rings. The molecule has 3 unspecified atom stereocenters. The highest BCUT2D eigenvalue weighted by Crippen LogP contribution is 2.45. The number of thiazole rings is 1. The molecule has 1 saturated carbocycles. The third kappa shape index (κ3) is 1.74. The molecule has 0 radical (unpaired) electrons. The summed E-state index contributed by atoms with van der Waals surface area (Å²) in [7, 11) is 0. The fraction of sp³-hybridized carbons (Fsp3) is 0.500. The number of rotatable bonds is 1. The molecule has 0 bridgehead atoms. The molecule has 1 aliphatic carbocycles. The maximum absolute atomic E-state index is 4.84. The predicted molar refractivity (Wildman–Crippen MR) is 78.9 cm³/mol. The van der Waals surface area contributed by atoms with Gasteiger partial charge in [0.1, 0.15) is 5.01 Å². The third-order valence-corrected chi connectivity index (χ3v) is 5.99. The molecule has 94 valence electrons. The molecule has 2 nitrogen and oxygen atoms in total. The predicted octanol–water partition coefficient (Wildman–Crippen LogP) is 4.12. The van der Waals surface area contributed by atoms with Crippen molar-refractivity contribution in [2.45, 2.75) is 25.3 Å². The molecule has 1 aromatic heterocycles. The molecular weight excluding hydrogens is 308 g/mol. The Morgan fingerprint density at radius 1 is 1.33 bits per heavy atom. The van der Waals surface area contributed by atoms with E-state index in [4.69, 9.17) is 4.98 Å². The lowest BCUT2D eigenvalue weighted by atomic mass is 9.94. The maximum Gasteiger partial charge on any atom is 0.111 e. The maximum atomic E-state index is 4.84. The van der Waals surface area contributed by atoms with Gasteiger partial charge in [0, 0.05) is 4.47 Å². The van der Waals surface area contributed by atoms with Gasteiger partial charge in [-0.3, -0.25) is 0 Å². The van der Waals surface area contributed by atoms with Gasteiger partial charge >= 0.3 is 0 Å². The topological polar surface area (TPSA) is 24.9 Å². The highest BCUT2D eigenvalue weighted by molar-refractivity contribution is 9.10. The first kappa shape index (κ1) is 11.4. The molecule has 2 fully saturated rings. The van der Waals surface area contributed by atoms with Crippen LogP contribution in [0.2, 0.25) is 0 Å². The monoisotopic (exact) mass is 322 g/mol. The highest BCUT2D eigenvalue weighted by Gasteiger charge is 2.40. The molecule has 4 rings (SSSR count). The van der Waals surface area contributed by atoms with E-state index in [1.807, 2.05) is 11.3 Å². The van der Waals surface area contributed by atoms with Crippen LogP contribution in [0, 0.1) is 11.8 Å².